The molecule has 1 aromatic rings. The van der Waals surface area contributed by atoms with E-state index in [0.29, 0.717) is 13.2 Å². The van der Waals surface area contributed by atoms with Crippen LogP contribution >= 0.6 is 7.60 Å². The van der Waals surface area contributed by atoms with Crippen LogP contribution in [0, 0.1) is 6.92 Å². The molecule has 4 nitrogen and oxygen atoms in total. The van der Waals surface area contributed by atoms with E-state index in [1.807, 2.05) is 45.0 Å². The molecule has 0 amide bonds. The van der Waals surface area contributed by atoms with Crippen molar-refractivity contribution in [3.8, 4) is 0 Å². The van der Waals surface area contributed by atoms with Gasteiger partial charge in [0.25, 0.3) is 0 Å². The minimum atomic E-state index is -3.36. The average Bonchev–Trinajstić information content (AvgIpc) is 2.36. The Bertz CT molecular complexity index is 489. The molecule has 6 heteroatoms. The molecule has 0 aliphatic heterocycles. The molecule has 120 valence electrons. The zero-order valence-electron chi connectivity index (χ0n) is 13.9. The van der Waals surface area contributed by atoms with Gasteiger partial charge in [0.15, 0.2) is 14.2 Å². The lowest BCUT2D eigenvalue weighted by Crippen LogP contribution is -2.29. The van der Waals surface area contributed by atoms with Gasteiger partial charge in [0.1, 0.15) is 0 Å². The van der Waals surface area contributed by atoms with Crippen LogP contribution in [-0.2, 0) is 18.0 Å². The Kier molecular flexibility index (Phi) is 6.82. The van der Waals surface area contributed by atoms with E-state index < -0.39 is 21.8 Å². The van der Waals surface area contributed by atoms with Gasteiger partial charge in [-0.3, -0.25) is 4.57 Å². The van der Waals surface area contributed by atoms with Gasteiger partial charge in [-0.25, -0.2) is 0 Å². The lowest BCUT2D eigenvalue weighted by molar-refractivity contribution is 0.158. The number of rotatable bonds is 8. The van der Waals surface area contributed by atoms with Crippen molar-refractivity contribution < 1.29 is 18.0 Å². The summed E-state index contributed by atoms with van der Waals surface area (Å²) in [5, 5.41) is 0. The first-order valence-corrected chi connectivity index (χ1v) is 12.4. The topological polar surface area (TPSA) is 44.8 Å². The molecule has 0 aliphatic rings. The normalized spacial score (nSPS) is 14.2. The fraction of sp³-hybridized carbons (Fsp3) is 0.600. The first-order valence-electron chi connectivity index (χ1n) is 7.35. The van der Waals surface area contributed by atoms with Crippen LogP contribution in [0.1, 0.15) is 30.8 Å². The predicted molar refractivity (Wildman–Crippen MR) is 89.2 cm³/mol. The summed E-state index contributed by atoms with van der Waals surface area (Å²) in [4.78, 5) is 0. The van der Waals surface area contributed by atoms with Crippen molar-refractivity contribution in [2.24, 2.45) is 0 Å². The molecule has 0 heterocycles. The second-order valence-electron chi connectivity index (χ2n) is 5.81. The SMILES string of the molecule is CCOP(=O)(OCC)C(O[Si](C)(C)C)c1ccccc1C. The third-order valence-corrected chi connectivity index (χ3v) is 6.16. The molecule has 0 saturated heterocycles. The van der Waals surface area contributed by atoms with E-state index in [2.05, 4.69) is 19.6 Å². The quantitative estimate of drug-likeness (QED) is 0.491. The molecule has 0 bridgehead atoms. The third kappa shape index (κ3) is 5.35. The summed E-state index contributed by atoms with van der Waals surface area (Å²) in [5.41, 5.74) is 1.91. The van der Waals surface area contributed by atoms with Gasteiger partial charge in [0, 0.05) is 0 Å². The van der Waals surface area contributed by atoms with Gasteiger partial charge in [-0.05, 0) is 51.5 Å². The maximum Gasteiger partial charge on any atom is 0.362 e. The minimum Gasteiger partial charge on any atom is -0.400 e. The Balaban J connectivity index is 3.30. The fourth-order valence-corrected chi connectivity index (χ4v) is 5.99. The van der Waals surface area contributed by atoms with E-state index in [4.69, 9.17) is 13.5 Å². The van der Waals surface area contributed by atoms with Crippen LogP contribution in [0.25, 0.3) is 0 Å². The van der Waals surface area contributed by atoms with E-state index in [9.17, 15) is 4.57 Å². The third-order valence-electron chi connectivity index (χ3n) is 2.82. The van der Waals surface area contributed by atoms with Gasteiger partial charge in [-0.1, -0.05) is 24.3 Å². The largest absolute Gasteiger partial charge is 0.400 e. The molecular weight excluding hydrogens is 303 g/mol. The zero-order valence-corrected chi connectivity index (χ0v) is 15.8. The summed E-state index contributed by atoms with van der Waals surface area (Å²) >= 11 is 0. The maximum atomic E-state index is 13.2. The molecule has 1 rings (SSSR count). The molecule has 0 spiro atoms. The molecule has 1 atom stereocenters. The number of aryl methyl sites for hydroxylation is 1. The monoisotopic (exact) mass is 330 g/mol. The van der Waals surface area contributed by atoms with Crippen LogP contribution in [0.3, 0.4) is 0 Å². The molecule has 0 saturated carbocycles. The first kappa shape index (κ1) is 18.6. The van der Waals surface area contributed by atoms with Crippen molar-refractivity contribution in [1.29, 1.82) is 0 Å². The summed E-state index contributed by atoms with van der Waals surface area (Å²) in [5.74, 6) is -0.662. The van der Waals surface area contributed by atoms with E-state index in [0.717, 1.165) is 11.1 Å². The Hall–Kier alpha value is -0.453. The Labute approximate surface area is 129 Å². The molecule has 1 unspecified atom stereocenters. The fourth-order valence-electron chi connectivity index (χ4n) is 2.03. The predicted octanol–water partition coefficient (Wildman–Crippen LogP) is 5.11. The van der Waals surface area contributed by atoms with Crippen LogP contribution in [0.2, 0.25) is 19.6 Å². The molecule has 0 radical (unpaired) electrons. The van der Waals surface area contributed by atoms with Gasteiger partial charge >= 0.3 is 7.60 Å². The molecule has 0 fully saturated rings. The molecule has 0 N–H and O–H groups in total. The Morgan fingerprint density at radius 3 is 2.05 bits per heavy atom. The lowest BCUT2D eigenvalue weighted by Gasteiger charge is -2.32. The van der Waals surface area contributed by atoms with Gasteiger partial charge < -0.3 is 13.5 Å². The highest BCUT2D eigenvalue weighted by molar-refractivity contribution is 7.54. The lowest BCUT2D eigenvalue weighted by atomic mass is 10.1. The number of hydrogen-bond donors (Lipinski definition) is 0. The number of benzene rings is 1. The standard InChI is InChI=1S/C15H27O4PSi/c1-7-17-20(16,18-8-2)15(19-21(4,5)6)14-12-10-9-11-13(14)3/h9-12,15H,7-8H2,1-6H3. The van der Waals surface area contributed by atoms with Crippen LogP contribution in [-0.4, -0.2) is 21.5 Å². The number of hydrogen-bond acceptors (Lipinski definition) is 4. The zero-order chi connectivity index (χ0) is 16.1. The molecule has 21 heavy (non-hydrogen) atoms. The highest BCUT2D eigenvalue weighted by atomic mass is 31.2. The molecule has 0 aromatic heterocycles. The van der Waals surface area contributed by atoms with E-state index in [1.54, 1.807) is 0 Å². The maximum absolute atomic E-state index is 13.2. The van der Waals surface area contributed by atoms with Crippen molar-refractivity contribution in [3.05, 3.63) is 35.4 Å². The van der Waals surface area contributed by atoms with Crippen molar-refractivity contribution in [3.63, 3.8) is 0 Å². The highest BCUT2D eigenvalue weighted by Gasteiger charge is 2.41. The minimum absolute atomic E-state index is 0.328. The second-order valence-corrected chi connectivity index (χ2v) is 12.3. The molecule has 0 aliphatic carbocycles. The van der Waals surface area contributed by atoms with Gasteiger partial charge in [0.05, 0.1) is 13.2 Å². The van der Waals surface area contributed by atoms with Crippen LogP contribution in [0.5, 0.6) is 0 Å². The van der Waals surface area contributed by atoms with Crippen molar-refractivity contribution in [1.82, 2.24) is 0 Å². The van der Waals surface area contributed by atoms with E-state index in [-0.39, 0.29) is 0 Å². The summed E-state index contributed by atoms with van der Waals surface area (Å²) in [6.45, 7) is 12.5. The summed E-state index contributed by atoms with van der Waals surface area (Å²) in [7, 11) is -5.29. The van der Waals surface area contributed by atoms with Crippen LogP contribution in [0.15, 0.2) is 24.3 Å². The van der Waals surface area contributed by atoms with Crippen molar-refractivity contribution in [2.75, 3.05) is 13.2 Å². The summed E-state index contributed by atoms with van der Waals surface area (Å²) in [6.07, 6.45) is 0. The molecule has 1 aromatic carbocycles. The van der Waals surface area contributed by atoms with Crippen LogP contribution in [0.4, 0.5) is 0 Å². The summed E-state index contributed by atoms with van der Waals surface area (Å²) < 4.78 is 30.4. The average molecular weight is 330 g/mol. The van der Waals surface area contributed by atoms with E-state index in [1.165, 1.54) is 0 Å². The first-order chi connectivity index (χ1) is 9.73. The van der Waals surface area contributed by atoms with Gasteiger partial charge in [-0.2, -0.15) is 0 Å². The van der Waals surface area contributed by atoms with Gasteiger partial charge in [-0.15, -0.1) is 0 Å². The second kappa shape index (κ2) is 7.70. The highest BCUT2D eigenvalue weighted by Crippen LogP contribution is 2.62. The van der Waals surface area contributed by atoms with Crippen molar-refractivity contribution in [2.45, 2.75) is 46.3 Å². The summed E-state index contributed by atoms with van der Waals surface area (Å²) in [6, 6.07) is 7.80. The molecular formula is C15H27O4PSi. The Morgan fingerprint density at radius 1 is 1.10 bits per heavy atom. The van der Waals surface area contributed by atoms with Crippen molar-refractivity contribution >= 4 is 15.9 Å². The smallest absolute Gasteiger partial charge is 0.362 e. The van der Waals surface area contributed by atoms with Crippen LogP contribution < -0.4 is 0 Å². The van der Waals surface area contributed by atoms with E-state index >= 15 is 0 Å². The van der Waals surface area contributed by atoms with Gasteiger partial charge in [0.2, 0.25) is 0 Å². The Morgan fingerprint density at radius 2 is 1.62 bits per heavy atom.